The number of hydrogen-bond donors (Lipinski definition) is 3. The third-order valence-corrected chi connectivity index (χ3v) is 3.91. The molecular formula is C17H20O3. The first-order valence-electron chi connectivity index (χ1n) is 6.71. The van der Waals surface area contributed by atoms with E-state index in [0.717, 1.165) is 23.1 Å². The van der Waals surface area contributed by atoms with Crippen LogP contribution in [0, 0.1) is 0 Å². The molecule has 20 heavy (non-hydrogen) atoms. The van der Waals surface area contributed by atoms with Crippen LogP contribution in [0.25, 0.3) is 11.1 Å². The summed E-state index contributed by atoms with van der Waals surface area (Å²) in [6.07, 6.45) is 0.905. The molecule has 0 atom stereocenters. The molecule has 0 radical (unpaired) electrons. The topological polar surface area (TPSA) is 60.7 Å². The van der Waals surface area contributed by atoms with Crippen molar-refractivity contribution >= 4 is 0 Å². The number of hydrogen-bond acceptors (Lipinski definition) is 3. The molecule has 0 aromatic heterocycles. The summed E-state index contributed by atoms with van der Waals surface area (Å²) in [5, 5.41) is 29.0. The molecular weight excluding hydrogens is 252 g/mol. The van der Waals surface area contributed by atoms with E-state index in [1.807, 2.05) is 0 Å². The molecule has 0 spiro atoms. The SMILES string of the molecule is CCC(C)(C)c1cc(O)c(O)cc1-c1ccc(O)cc1. The third-order valence-electron chi connectivity index (χ3n) is 3.91. The molecule has 0 amide bonds. The molecule has 0 unspecified atom stereocenters. The highest BCUT2D eigenvalue weighted by atomic mass is 16.3. The predicted molar refractivity (Wildman–Crippen MR) is 80.2 cm³/mol. The summed E-state index contributed by atoms with van der Waals surface area (Å²) < 4.78 is 0. The molecule has 2 aromatic carbocycles. The molecule has 2 aromatic rings. The van der Waals surface area contributed by atoms with Gasteiger partial charge < -0.3 is 15.3 Å². The van der Waals surface area contributed by atoms with E-state index in [9.17, 15) is 15.3 Å². The van der Waals surface area contributed by atoms with E-state index in [-0.39, 0.29) is 22.7 Å². The van der Waals surface area contributed by atoms with E-state index >= 15 is 0 Å². The zero-order valence-corrected chi connectivity index (χ0v) is 12.0. The maximum atomic E-state index is 9.78. The average Bonchev–Trinajstić information content (AvgIpc) is 2.42. The van der Waals surface area contributed by atoms with Crippen LogP contribution in [0.2, 0.25) is 0 Å². The normalized spacial score (nSPS) is 11.6. The van der Waals surface area contributed by atoms with Crippen molar-refractivity contribution in [2.24, 2.45) is 0 Å². The summed E-state index contributed by atoms with van der Waals surface area (Å²) in [5.41, 5.74) is 2.61. The fourth-order valence-electron chi connectivity index (χ4n) is 2.21. The third kappa shape index (κ3) is 2.57. The maximum Gasteiger partial charge on any atom is 0.158 e. The molecule has 0 aliphatic carbocycles. The Balaban J connectivity index is 2.67. The van der Waals surface area contributed by atoms with E-state index in [4.69, 9.17) is 0 Å². The molecule has 3 heteroatoms. The van der Waals surface area contributed by atoms with Gasteiger partial charge in [0.1, 0.15) is 5.75 Å². The molecule has 106 valence electrons. The Morgan fingerprint density at radius 1 is 0.900 bits per heavy atom. The van der Waals surface area contributed by atoms with E-state index in [1.165, 1.54) is 0 Å². The van der Waals surface area contributed by atoms with E-state index < -0.39 is 0 Å². The second-order valence-electron chi connectivity index (χ2n) is 5.67. The van der Waals surface area contributed by atoms with Crippen LogP contribution >= 0.6 is 0 Å². The zero-order valence-electron chi connectivity index (χ0n) is 12.0. The van der Waals surface area contributed by atoms with E-state index in [2.05, 4.69) is 20.8 Å². The van der Waals surface area contributed by atoms with Crippen molar-refractivity contribution in [3.05, 3.63) is 42.0 Å². The van der Waals surface area contributed by atoms with Crippen LogP contribution in [0.4, 0.5) is 0 Å². The number of phenols is 3. The van der Waals surface area contributed by atoms with Crippen molar-refractivity contribution in [3.63, 3.8) is 0 Å². The molecule has 0 aliphatic heterocycles. The highest BCUT2D eigenvalue weighted by Crippen LogP contribution is 2.41. The Hall–Kier alpha value is -2.16. The van der Waals surface area contributed by atoms with Crippen LogP contribution in [0.5, 0.6) is 17.2 Å². The second-order valence-corrected chi connectivity index (χ2v) is 5.67. The molecule has 0 fully saturated rings. The van der Waals surface area contributed by atoms with Crippen LogP contribution in [0.3, 0.4) is 0 Å². The van der Waals surface area contributed by atoms with Gasteiger partial charge in [0.2, 0.25) is 0 Å². The van der Waals surface area contributed by atoms with Crippen LogP contribution < -0.4 is 0 Å². The minimum Gasteiger partial charge on any atom is -0.508 e. The van der Waals surface area contributed by atoms with E-state index in [0.29, 0.717) is 0 Å². The summed E-state index contributed by atoms with van der Waals surface area (Å²) in [6, 6.07) is 10.0. The quantitative estimate of drug-likeness (QED) is 0.735. The van der Waals surface area contributed by atoms with Crippen molar-refractivity contribution in [1.82, 2.24) is 0 Å². The standard InChI is InChI=1S/C17H20O3/c1-4-17(2,3)14-10-16(20)15(19)9-13(14)11-5-7-12(18)8-6-11/h5-10,18-20H,4H2,1-3H3. The van der Waals surface area contributed by atoms with Crippen LogP contribution in [-0.4, -0.2) is 15.3 Å². The molecule has 0 bridgehead atoms. The van der Waals surface area contributed by atoms with Gasteiger partial charge in [-0.25, -0.2) is 0 Å². The van der Waals surface area contributed by atoms with Crippen molar-refractivity contribution in [1.29, 1.82) is 0 Å². The Morgan fingerprint density at radius 2 is 1.45 bits per heavy atom. The molecule has 0 heterocycles. The average molecular weight is 272 g/mol. The zero-order chi connectivity index (χ0) is 14.9. The van der Waals surface area contributed by atoms with Gasteiger partial charge in [0.15, 0.2) is 11.5 Å². The predicted octanol–water partition coefficient (Wildman–Crippen LogP) is 4.16. The largest absolute Gasteiger partial charge is 0.508 e. The summed E-state index contributed by atoms with van der Waals surface area (Å²) in [6.45, 7) is 6.29. The number of rotatable bonds is 3. The first-order chi connectivity index (χ1) is 9.35. The highest BCUT2D eigenvalue weighted by Gasteiger charge is 2.24. The van der Waals surface area contributed by atoms with Crippen LogP contribution in [0.15, 0.2) is 36.4 Å². The lowest BCUT2D eigenvalue weighted by atomic mass is 9.78. The van der Waals surface area contributed by atoms with Crippen molar-refractivity contribution < 1.29 is 15.3 Å². The minimum absolute atomic E-state index is 0.107. The summed E-state index contributed by atoms with van der Waals surface area (Å²) in [4.78, 5) is 0. The number of phenolic OH excluding ortho intramolecular Hbond substituents is 3. The Labute approximate surface area is 119 Å². The molecule has 2 rings (SSSR count). The summed E-state index contributed by atoms with van der Waals surface area (Å²) >= 11 is 0. The van der Waals surface area contributed by atoms with Gasteiger partial charge in [-0.2, -0.15) is 0 Å². The van der Waals surface area contributed by atoms with Crippen molar-refractivity contribution in [3.8, 4) is 28.4 Å². The van der Waals surface area contributed by atoms with E-state index in [1.54, 1.807) is 36.4 Å². The van der Waals surface area contributed by atoms with Crippen molar-refractivity contribution in [2.45, 2.75) is 32.6 Å². The summed E-state index contributed by atoms with van der Waals surface area (Å²) in [7, 11) is 0. The monoisotopic (exact) mass is 272 g/mol. The van der Waals surface area contributed by atoms with Gasteiger partial charge in [0.25, 0.3) is 0 Å². The molecule has 3 N–H and O–H groups in total. The fourth-order valence-corrected chi connectivity index (χ4v) is 2.21. The lowest BCUT2D eigenvalue weighted by molar-refractivity contribution is 0.400. The van der Waals surface area contributed by atoms with Gasteiger partial charge in [-0.3, -0.25) is 0 Å². The molecule has 0 saturated carbocycles. The van der Waals surface area contributed by atoms with Gasteiger partial charge in [-0.05, 0) is 52.8 Å². The van der Waals surface area contributed by atoms with Gasteiger partial charge >= 0.3 is 0 Å². The lowest BCUT2D eigenvalue weighted by Gasteiger charge is -2.27. The van der Waals surface area contributed by atoms with Crippen molar-refractivity contribution in [2.75, 3.05) is 0 Å². The first-order valence-corrected chi connectivity index (χ1v) is 6.71. The molecule has 3 nitrogen and oxygen atoms in total. The Kier molecular flexibility index (Phi) is 3.62. The Bertz CT molecular complexity index is 613. The number of benzene rings is 2. The van der Waals surface area contributed by atoms with Gasteiger partial charge in [-0.15, -0.1) is 0 Å². The Morgan fingerprint density at radius 3 is 2.00 bits per heavy atom. The lowest BCUT2D eigenvalue weighted by Crippen LogP contribution is -2.16. The summed E-state index contributed by atoms with van der Waals surface area (Å²) in [5.74, 6) is -0.0409. The minimum atomic E-state index is -0.135. The fraction of sp³-hybridized carbons (Fsp3) is 0.294. The second kappa shape index (κ2) is 5.08. The highest BCUT2D eigenvalue weighted by molar-refractivity contribution is 5.72. The first kappa shape index (κ1) is 14.3. The maximum absolute atomic E-state index is 9.78. The smallest absolute Gasteiger partial charge is 0.158 e. The molecule has 0 saturated heterocycles. The van der Waals surface area contributed by atoms with Crippen LogP contribution in [-0.2, 0) is 5.41 Å². The molecule has 0 aliphatic rings. The van der Waals surface area contributed by atoms with Gasteiger partial charge in [-0.1, -0.05) is 32.9 Å². The number of aromatic hydroxyl groups is 3. The van der Waals surface area contributed by atoms with Gasteiger partial charge in [0, 0.05) is 0 Å². The van der Waals surface area contributed by atoms with Gasteiger partial charge in [0.05, 0.1) is 0 Å². The van der Waals surface area contributed by atoms with Crippen LogP contribution in [0.1, 0.15) is 32.8 Å².